The molecule has 3 heteroatoms. The van der Waals surface area contributed by atoms with Gasteiger partial charge in [0.05, 0.1) is 7.11 Å². The summed E-state index contributed by atoms with van der Waals surface area (Å²) in [6.45, 7) is 7.61. The lowest BCUT2D eigenvalue weighted by molar-refractivity contribution is 0.215. The lowest BCUT2D eigenvalue weighted by atomic mass is 10.0. The van der Waals surface area contributed by atoms with Crippen LogP contribution in [0.3, 0.4) is 0 Å². The minimum Gasteiger partial charge on any atom is -0.496 e. The Labute approximate surface area is 117 Å². The zero-order valence-electron chi connectivity index (χ0n) is 12.9. The molecule has 0 aromatic heterocycles. The van der Waals surface area contributed by atoms with E-state index in [9.17, 15) is 0 Å². The molecule has 2 atom stereocenters. The molecule has 0 saturated heterocycles. The molecule has 0 aliphatic heterocycles. The molecule has 0 bridgehead atoms. The van der Waals surface area contributed by atoms with Gasteiger partial charge >= 0.3 is 0 Å². The summed E-state index contributed by atoms with van der Waals surface area (Å²) in [7, 11) is 3.83. The zero-order chi connectivity index (χ0) is 14.4. The summed E-state index contributed by atoms with van der Waals surface area (Å²) in [6.07, 6.45) is 1.19. The second kappa shape index (κ2) is 7.51. The van der Waals surface area contributed by atoms with Crippen LogP contribution in [0.4, 0.5) is 0 Å². The molecule has 0 heterocycles. The highest BCUT2D eigenvalue weighted by atomic mass is 16.5. The number of para-hydroxylation sites is 1. The number of rotatable bonds is 7. The highest BCUT2D eigenvalue weighted by Gasteiger charge is 2.17. The Morgan fingerprint density at radius 1 is 1.21 bits per heavy atom. The first-order valence-electron chi connectivity index (χ1n) is 7.04. The van der Waals surface area contributed by atoms with E-state index in [0.717, 1.165) is 17.9 Å². The first kappa shape index (κ1) is 16.0. The fourth-order valence-electron chi connectivity index (χ4n) is 2.42. The predicted molar refractivity (Wildman–Crippen MR) is 81.5 cm³/mol. The number of nitrogens with two attached hydrogens (primary N) is 1. The van der Waals surface area contributed by atoms with E-state index in [4.69, 9.17) is 10.5 Å². The second-order valence-electron chi connectivity index (χ2n) is 5.77. The van der Waals surface area contributed by atoms with Crippen molar-refractivity contribution in [1.29, 1.82) is 0 Å². The minimum absolute atomic E-state index is 0.0178. The number of benzene rings is 1. The summed E-state index contributed by atoms with van der Waals surface area (Å²) in [5.74, 6) is 1.58. The molecule has 19 heavy (non-hydrogen) atoms. The van der Waals surface area contributed by atoms with E-state index >= 15 is 0 Å². The van der Waals surface area contributed by atoms with Gasteiger partial charge in [-0.05, 0) is 32.4 Å². The van der Waals surface area contributed by atoms with Crippen LogP contribution in [0.2, 0.25) is 0 Å². The van der Waals surface area contributed by atoms with Gasteiger partial charge in [0.25, 0.3) is 0 Å². The summed E-state index contributed by atoms with van der Waals surface area (Å²) >= 11 is 0. The lowest BCUT2D eigenvalue weighted by Crippen LogP contribution is -2.36. The molecule has 0 radical (unpaired) electrons. The fourth-order valence-corrected chi connectivity index (χ4v) is 2.42. The SMILES string of the molecule is COc1ccccc1C(N)CN(C)C(C)CC(C)C. The summed E-state index contributed by atoms with van der Waals surface area (Å²) in [5, 5.41) is 0. The average Bonchev–Trinajstić information content (AvgIpc) is 2.37. The van der Waals surface area contributed by atoms with Crippen LogP contribution < -0.4 is 10.5 Å². The Kier molecular flexibility index (Phi) is 6.32. The largest absolute Gasteiger partial charge is 0.496 e. The van der Waals surface area contributed by atoms with Gasteiger partial charge in [0.15, 0.2) is 0 Å². The van der Waals surface area contributed by atoms with Crippen LogP contribution in [0.5, 0.6) is 5.75 Å². The van der Waals surface area contributed by atoms with Crippen molar-refractivity contribution >= 4 is 0 Å². The molecule has 0 aliphatic rings. The normalized spacial score (nSPS) is 14.7. The fraction of sp³-hybridized carbons (Fsp3) is 0.625. The number of hydrogen-bond donors (Lipinski definition) is 1. The van der Waals surface area contributed by atoms with Crippen molar-refractivity contribution in [1.82, 2.24) is 4.90 Å². The third-order valence-electron chi connectivity index (χ3n) is 3.59. The van der Waals surface area contributed by atoms with Crippen LogP contribution in [-0.4, -0.2) is 31.6 Å². The van der Waals surface area contributed by atoms with Gasteiger partial charge in [-0.1, -0.05) is 32.0 Å². The highest BCUT2D eigenvalue weighted by Crippen LogP contribution is 2.24. The van der Waals surface area contributed by atoms with Crippen molar-refractivity contribution in [3.63, 3.8) is 0 Å². The van der Waals surface area contributed by atoms with Gasteiger partial charge in [0.1, 0.15) is 5.75 Å². The smallest absolute Gasteiger partial charge is 0.123 e. The van der Waals surface area contributed by atoms with Gasteiger partial charge in [0, 0.05) is 24.2 Å². The number of hydrogen-bond acceptors (Lipinski definition) is 3. The Balaban J connectivity index is 2.65. The van der Waals surface area contributed by atoms with Crippen LogP contribution in [-0.2, 0) is 0 Å². The molecule has 108 valence electrons. The van der Waals surface area contributed by atoms with Gasteiger partial charge in [-0.3, -0.25) is 0 Å². The van der Waals surface area contributed by atoms with Crippen molar-refractivity contribution in [2.75, 3.05) is 20.7 Å². The van der Waals surface area contributed by atoms with E-state index in [-0.39, 0.29) is 6.04 Å². The van der Waals surface area contributed by atoms with Gasteiger partial charge in [0.2, 0.25) is 0 Å². The van der Waals surface area contributed by atoms with Crippen LogP contribution in [0, 0.1) is 5.92 Å². The maximum atomic E-state index is 6.32. The van der Waals surface area contributed by atoms with E-state index < -0.39 is 0 Å². The number of likely N-dealkylation sites (N-methyl/N-ethyl adjacent to an activating group) is 1. The molecule has 0 spiro atoms. The van der Waals surface area contributed by atoms with Gasteiger partial charge in [-0.25, -0.2) is 0 Å². The molecule has 0 fully saturated rings. The molecule has 0 saturated carbocycles. The van der Waals surface area contributed by atoms with E-state index in [2.05, 4.69) is 32.7 Å². The first-order valence-corrected chi connectivity index (χ1v) is 7.04. The molecule has 0 aliphatic carbocycles. The van der Waals surface area contributed by atoms with Crippen molar-refractivity contribution < 1.29 is 4.74 Å². The van der Waals surface area contributed by atoms with Gasteiger partial charge in [-0.15, -0.1) is 0 Å². The number of methoxy groups -OCH3 is 1. The van der Waals surface area contributed by atoms with E-state index in [1.165, 1.54) is 6.42 Å². The van der Waals surface area contributed by atoms with Crippen molar-refractivity contribution in [2.24, 2.45) is 11.7 Å². The molecule has 1 aromatic rings. The maximum absolute atomic E-state index is 6.32. The molecular formula is C16H28N2O. The van der Waals surface area contributed by atoms with Gasteiger partial charge < -0.3 is 15.4 Å². The quantitative estimate of drug-likeness (QED) is 0.822. The molecule has 2 N–H and O–H groups in total. The summed E-state index contributed by atoms with van der Waals surface area (Å²) in [6, 6.07) is 8.52. The molecule has 1 rings (SSSR count). The van der Waals surface area contributed by atoms with Crippen LogP contribution >= 0.6 is 0 Å². The second-order valence-corrected chi connectivity index (χ2v) is 5.77. The first-order chi connectivity index (χ1) is 8.95. The van der Waals surface area contributed by atoms with Crippen molar-refractivity contribution in [3.05, 3.63) is 29.8 Å². The summed E-state index contributed by atoms with van der Waals surface area (Å²) < 4.78 is 5.37. The lowest BCUT2D eigenvalue weighted by Gasteiger charge is -2.29. The van der Waals surface area contributed by atoms with E-state index in [1.807, 2.05) is 24.3 Å². The monoisotopic (exact) mass is 264 g/mol. The van der Waals surface area contributed by atoms with E-state index in [1.54, 1.807) is 7.11 Å². The highest BCUT2D eigenvalue weighted by molar-refractivity contribution is 5.35. The maximum Gasteiger partial charge on any atom is 0.123 e. The topological polar surface area (TPSA) is 38.5 Å². The Morgan fingerprint density at radius 2 is 1.84 bits per heavy atom. The molecule has 2 unspecified atom stereocenters. The number of ether oxygens (including phenoxy) is 1. The Bertz CT molecular complexity index is 379. The van der Waals surface area contributed by atoms with Crippen molar-refractivity contribution in [3.8, 4) is 5.75 Å². The van der Waals surface area contributed by atoms with Crippen LogP contribution in [0.15, 0.2) is 24.3 Å². The third-order valence-corrected chi connectivity index (χ3v) is 3.59. The Morgan fingerprint density at radius 3 is 2.42 bits per heavy atom. The molecule has 0 amide bonds. The van der Waals surface area contributed by atoms with E-state index in [0.29, 0.717) is 12.0 Å². The van der Waals surface area contributed by atoms with Crippen LogP contribution in [0.25, 0.3) is 0 Å². The standard InChI is InChI=1S/C16H28N2O/c1-12(2)10-13(3)18(4)11-15(17)14-8-6-7-9-16(14)19-5/h6-9,12-13,15H,10-11,17H2,1-5H3. The van der Waals surface area contributed by atoms with Crippen LogP contribution in [0.1, 0.15) is 38.8 Å². The predicted octanol–water partition coefficient (Wildman–Crippen LogP) is 3.06. The molecular weight excluding hydrogens is 236 g/mol. The average molecular weight is 264 g/mol. The van der Waals surface area contributed by atoms with Gasteiger partial charge in [-0.2, -0.15) is 0 Å². The minimum atomic E-state index is -0.0178. The van der Waals surface area contributed by atoms with Crippen molar-refractivity contribution in [2.45, 2.75) is 39.3 Å². The molecule has 3 nitrogen and oxygen atoms in total. The summed E-state index contributed by atoms with van der Waals surface area (Å²) in [4.78, 5) is 2.33. The molecule has 1 aromatic carbocycles. The Hall–Kier alpha value is -1.06. The zero-order valence-corrected chi connectivity index (χ0v) is 12.9. The third kappa shape index (κ3) is 4.84. The number of nitrogens with zero attached hydrogens (tertiary/aromatic N) is 1. The summed E-state index contributed by atoms with van der Waals surface area (Å²) in [5.41, 5.74) is 7.40.